The van der Waals surface area contributed by atoms with Crippen LogP contribution in [-0.4, -0.2) is 55.8 Å². The van der Waals surface area contributed by atoms with E-state index in [1.54, 1.807) is 49.0 Å². The van der Waals surface area contributed by atoms with Gasteiger partial charge in [-0.3, -0.25) is 9.59 Å². The molecule has 1 saturated heterocycles. The summed E-state index contributed by atoms with van der Waals surface area (Å²) in [6, 6.07) is 10.0. The molecule has 3 aromatic heterocycles. The van der Waals surface area contributed by atoms with Gasteiger partial charge in [0.05, 0.1) is 23.4 Å². The molecule has 6 rings (SSSR count). The van der Waals surface area contributed by atoms with Gasteiger partial charge in [-0.1, -0.05) is 18.2 Å². The number of anilines is 1. The number of amides is 2. The van der Waals surface area contributed by atoms with Crippen molar-refractivity contribution in [2.75, 3.05) is 18.5 Å². The van der Waals surface area contributed by atoms with Crippen molar-refractivity contribution < 1.29 is 18.7 Å². The van der Waals surface area contributed by atoms with Gasteiger partial charge in [-0.25, -0.2) is 24.0 Å². The van der Waals surface area contributed by atoms with Gasteiger partial charge in [0.25, 0.3) is 5.91 Å². The highest BCUT2D eigenvalue weighted by Gasteiger charge is 2.44. The zero-order valence-corrected chi connectivity index (χ0v) is 21.0. The Kier molecular flexibility index (Phi) is 5.87. The van der Waals surface area contributed by atoms with E-state index in [1.165, 1.54) is 6.07 Å². The predicted octanol–water partition coefficient (Wildman–Crippen LogP) is 3.21. The fourth-order valence-electron chi connectivity index (χ4n) is 4.96. The molecule has 2 aliphatic heterocycles. The third-order valence-corrected chi connectivity index (χ3v) is 7.06. The van der Waals surface area contributed by atoms with Crippen LogP contribution in [0, 0.1) is 5.82 Å². The molecular formula is C27H26FN7O3. The SMILES string of the molecule is CC1(C)C(=O)Nc2nc(-c3nn(Cc4ccccc4F)c4ncccc34)nc(C(=O)NCC3CCCO3)c21. The number of hydrogen-bond donors (Lipinski definition) is 2. The fraction of sp³-hybridized carbons (Fsp3) is 0.333. The van der Waals surface area contributed by atoms with Crippen molar-refractivity contribution in [3.05, 3.63) is 65.2 Å². The lowest BCUT2D eigenvalue weighted by Gasteiger charge is -2.18. The minimum absolute atomic E-state index is 0.0508. The maximum absolute atomic E-state index is 14.4. The second-order valence-corrected chi connectivity index (χ2v) is 10.0. The normalized spacial score (nSPS) is 18.0. The van der Waals surface area contributed by atoms with E-state index in [4.69, 9.17) is 4.74 Å². The molecule has 5 heterocycles. The first kappa shape index (κ1) is 24.1. The number of benzene rings is 1. The Labute approximate surface area is 217 Å². The van der Waals surface area contributed by atoms with Gasteiger partial charge < -0.3 is 15.4 Å². The first-order valence-electron chi connectivity index (χ1n) is 12.5. The quantitative estimate of drug-likeness (QED) is 0.404. The number of rotatable bonds is 6. The largest absolute Gasteiger partial charge is 0.376 e. The average molecular weight is 516 g/mol. The van der Waals surface area contributed by atoms with Gasteiger partial charge in [-0.05, 0) is 44.9 Å². The molecule has 2 N–H and O–H groups in total. The number of pyridine rings is 1. The Balaban J connectivity index is 1.45. The summed E-state index contributed by atoms with van der Waals surface area (Å²) >= 11 is 0. The molecule has 1 aromatic carbocycles. The van der Waals surface area contributed by atoms with Crippen LogP contribution in [0.15, 0.2) is 42.6 Å². The summed E-state index contributed by atoms with van der Waals surface area (Å²) < 4.78 is 21.6. The van der Waals surface area contributed by atoms with E-state index >= 15 is 0 Å². The molecule has 38 heavy (non-hydrogen) atoms. The predicted molar refractivity (Wildman–Crippen MR) is 137 cm³/mol. The summed E-state index contributed by atoms with van der Waals surface area (Å²) in [6.45, 7) is 4.63. The molecular weight excluding hydrogens is 489 g/mol. The molecule has 11 heteroatoms. The van der Waals surface area contributed by atoms with Crippen LogP contribution in [0.1, 0.15) is 48.3 Å². The molecule has 0 bridgehead atoms. The maximum atomic E-state index is 14.4. The lowest BCUT2D eigenvalue weighted by atomic mass is 9.85. The molecule has 0 aliphatic carbocycles. The van der Waals surface area contributed by atoms with Crippen molar-refractivity contribution in [1.29, 1.82) is 0 Å². The Morgan fingerprint density at radius 1 is 1.24 bits per heavy atom. The Morgan fingerprint density at radius 3 is 2.87 bits per heavy atom. The summed E-state index contributed by atoms with van der Waals surface area (Å²) in [6.07, 6.45) is 3.40. The van der Waals surface area contributed by atoms with Crippen LogP contribution in [0.5, 0.6) is 0 Å². The third-order valence-electron chi connectivity index (χ3n) is 7.06. The summed E-state index contributed by atoms with van der Waals surface area (Å²) in [4.78, 5) is 39.9. The van der Waals surface area contributed by atoms with Gasteiger partial charge in [0.2, 0.25) is 5.91 Å². The van der Waals surface area contributed by atoms with Gasteiger partial charge in [-0.2, -0.15) is 5.10 Å². The van der Waals surface area contributed by atoms with Crippen molar-refractivity contribution >= 4 is 28.7 Å². The lowest BCUT2D eigenvalue weighted by Crippen LogP contribution is -2.35. The van der Waals surface area contributed by atoms with Crippen LogP contribution in [0.3, 0.4) is 0 Å². The lowest BCUT2D eigenvalue weighted by molar-refractivity contribution is -0.119. The van der Waals surface area contributed by atoms with Gasteiger partial charge in [0.1, 0.15) is 23.0 Å². The molecule has 2 amide bonds. The molecule has 2 aliphatic rings. The van der Waals surface area contributed by atoms with Crippen LogP contribution in [0.4, 0.5) is 10.2 Å². The van der Waals surface area contributed by atoms with E-state index in [0.29, 0.717) is 41.0 Å². The highest BCUT2D eigenvalue weighted by molar-refractivity contribution is 6.09. The van der Waals surface area contributed by atoms with Crippen molar-refractivity contribution in [3.63, 3.8) is 0 Å². The third kappa shape index (κ3) is 4.08. The van der Waals surface area contributed by atoms with Crippen molar-refractivity contribution in [2.45, 2.75) is 44.8 Å². The Morgan fingerprint density at radius 2 is 2.08 bits per heavy atom. The number of aromatic nitrogens is 5. The Hall–Kier alpha value is -4.25. The molecule has 0 saturated carbocycles. The highest BCUT2D eigenvalue weighted by atomic mass is 19.1. The second-order valence-electron chi connectivity index (χ2n) is 10.0. The molecule has 1 fully saturated rings. The molecule has 0 spiro atoms. The number of carbonyl (C=O) groups excluding carboxylic acids is 2. The van der Waals surface area contributed by atoms with Crippen LogP contribution >= 0.6 is 0 Å². The van der Waals surface area contributed by atoms with E-state index in [1.807, 2.05) is 6.07 Å². The topological polar surface area (TPSA) is 124 Å². The van der Waals surface area contributed by atoms with E-state index < -0.39 is 11.3 Å². The molecule has 1 atom stereocenters. The fourth-order valence-corrected chi connectivity index (χ4v) is 4.96. The van der Waals surface area contributed by atoms with Crippen molar-refractivity contribution in [2.24, 2.45) is 0 Å². The monoisotopic (exact) mass is 515 g/mol. The van der Waals surface area contributed by atoms with E-state index in [-0.39, 0.29) is 41.7 Å². The number of halogens is 1. The van der Waals surface area contributed by atoms with Crippen LogP contribution in [0.25, 0.3) is 22.6 Å². The second kappa shape index (κ2) is 9.25. The maximum Gasteiger partial charge on any atom is 0.270 e. The summed E-state index contributed by atoms with van der Waals surface area (Å²) in [7, 11) is 0. The van der Waals surface area contributed by atoms with Gasteiger partial charge >= 0.3 is 0 Å². The Bertz CT molecular complexity index is 1580. The van der Waals surface area contributed by atoms with E-state index in [0.717, 1.165) is 12.8 Å². The minimum atomic E-state index is -1.00. The van der Waals surface area contributed by atoms with E-state index in [9.17, 15) is 14.0 Å². The van der Waals surface area contributed by atoms with Gasteiger partial charge in [-0.15, -0.1) is 0 Å². The van der Waals surface area contributed by atoms with Gasteiger partial charge in [0, 0.05) is 30.5 Å². The molecule has 194 valence electrons. The van der Waals surface area contributed by atoms with Crippen LogP contribution < -0.4 is 10.6 Å². The molecule has 1 unspecified atom stereocenters. The zero-order chi connectivity index (χ0) is 26.4. The number of hydrogen-bond acceptors (Lipinski definition) is 7. The van der Waals surface area contributed by atoms with E-state index in [2.05, 4.69) is 30.7 Å². The van der Waals surface area contributed by atoms with Crippen molar-refractivity contribution in [3.8, 4) is 11.5 Å². The minimum Gasteiger partial charge on any atom is -0.376 e. The molecule has 0 radical (unpaired) electrons. The molecule has 4 aromatic rings. The standard InChI is InChI=1S/C27H26FN7O3/c1-27(2)19-21(25(36)30-13-16-8-6-12-38-16)31-23(32-22(19)33-26(27)37)20-17-9-5-11-29-24(17)35(34-20)14-15-7-3-4-10-18(15)28/h3-5,7,9-11,16H,6,8,12-14H2,1-2H3,(H,30,36)(H,31,32,33,37). The van der Waals surface area contributed by atoms with Gasteiger partial charge in [0.15, 0.2) is 11.5 Å². The summed E-state index contributed by atoms with van der Waals surface area (Å²) in [5, 5.41) is 11.0. The first-order valence-corrected chi connectivity index (χ1v) is 12.5. The van der Waals surface area contributed by atoms with Crippen molar-refractivity contribution in [1.82, 2.24) is 30.0 Å². The number of nitrogens with zero attached hydrogens (tertiary/aromatic N) is 5. The number of fused-ring (bicyclic) bond motifs is 2. The zero-order valence-electron chi connectivity index (χ0n) is 21.0. The van der Waals surface area contributed by atoms with Crippen LogP contribution in [-0.2, 0) is 21.5 Å². The number of carbonyl (C=O) groups is 2. The summed E-state index contributed by atoms with van der Waals surface area (Å²) in [5.41, 5.74) is 0.879. The first-order chi connectivity index (χ1) is 18.3. The smallest absolute Gasteiger partial charge is 0.270 e. The molecule has 10 nitrogen and oxygen atoms in total. The number of ether oxygens (including phenoxy) is 1. The average Bonchev–Trinajstić information content (AvgIpc) is 3.61. The summed E-state index contributed by atoms with van der Waals surface area (Å²) in [5.74, 6) is -0.609. The highest BCUT2D eigenvalue weighted by Crippen LogP contribution is 2.39. The number of nitrogens with one attached hydrogen (secondary N) is 2. The van der Waals surface area contributed by atoms with Crippen LogP contribution in [0.2, 0.25) is 0 Å².